The van der Waals surface area contributed by atoms with Crippen LogP contribution in [0.1, 0.15) is 56.3 Å². The minimum atomic E-state index is -0.877. The molecular formula is C31H38ClN3O3. The summed E-state index contributed by atoms with van der Waals surface area (Å²) in [5.41, 5.74) is 1.81. The number of hydrogen-bond donors (Lipinski definition) is 2. The summed E-state index contributed by atoms with van der Waals surface area (Å²) in [7, 11) is 1.67. The maximum Gasteiger partial charge on any atom is 0.129 e. The van der Waals surface area contributed by atoms with Crippen molar-refractivity contribution in [3.8, 4) is 5.75 Å². The third kappa shape index (κ3) is 4.66. The monoisotopic (exact) mass is 535 g/mol. The summed E-state index contributed by atoms with van der Waals surface area (Å²) < 4.78 is 5.53. The van der Waals surface area contributed by atoms with Crippen LogP contribution in [0.2, 0.25) is 5.02 Å². The van der Waals surface area contributed by atoms with Gasteiger partial charge in [-0.3, -0.25) is 4.90 Å². The lowest BCUT2D eigenvalue weighted by Crippen LogP contribution is -2.55. The van der Waals surface area contributed by atoms with E-state index in [1.54, 1.807) is 7.11 Å². The zero-order valence-corrected chi connectivity index (χ0v) is 23.1. The number of aliphatic hydroxyl groups is 2. The van der Waals surface area contributed by atoms with E-state index in [1.165, 1.54) is 12.8 Å². The summed E-state index contributed by atoms with van der Waals surface area (Å²) >= 11 is 6.07. The third-order valence-electron chi connectivity index (χ3n) is 9.47. The number of rotatable bonds is 6. The molecule has 5 atom stereocenters. The van der Waals surface area contributed by atoms with Gasteiger partial charge in [0.2, 0.25) is 0 Å². The molecule has 7 rings (SSSR count). The van der Waals surface area contributed by atoms with Gasteiger partial charge in [0.1, 0.15) is 11.6 Å². The molecule has 4 aliphatic heterocycles. The zero-order valence-electron chi connectivity index (χ0n) is 22.3. The minimum Gasteiger partial charge on any atom is -0.497 e. The number of aliphatic hydroxyl groups excluding tert-OH is 1. The molecule has 5 heterocycles. The quantitative estimate of drug-likeness (QED) is 0.432. The van der Waals surface area contributed by atoms with Gasteiger partial charge in [0.25, 0.3) is 0 Å². The number of pyridine rings is 1. The molecule has 2 N–H and O–H groups in total. The number of nitrogens with zero attached hydrogens (tertiary/aromatic N) is 3. The van der Waals surface area contributed by atoms with Crippen molar-refractivity contribution >= 4 is 28.3 Å². The molecule has 1 aromatic heterocycles. The van der Waals surface area contributed by atoms with E-state index in [0.717, 1.165) is 59.0 Å². The Bertz CT molecular complexity index is 1290. The summed E-state index contributed by atoms with van der Waals surface area (Å²) in [6.45, 7) is 5.80. The summed E-state index contributed by atoms with van der Waals surface area (Å²) in [6, 6.07) is 15.7. The van der Waals surface area contributed by atoms with Crippen LogP contribution in [0.4, 0.5) is 5.82 Å². The summed E-state index contributed by atoms with van der Waals surface area (Å²) in [4.78, 5) is 9.77. The van der Waals surface area contributed by atoms with Crippen LogP contribution in [0.5, 0.6) is 5.75 Å². The topological polar surface area (TPSA) is 69.1 Å². The predicted octanol–water partition coefficient (Wildman–Crippen LogP) is 5.54. The second-order valence-corrected chi connectivity index (χ2v) is 11.9. The van der Waals surface area contributed by atoms with Gasteiger partial charge in [-0.2, -0.15) is 0 Å². The SMILES string of the molecule is CC[C@H]1CN2CC[C@@H]1C[C@H]2[C@H](O)c1cc(N2CCC(O)(c3ccc(Cl)cc3)CC2)nc2ccc(OC)cc12. The molecule has 0 aliphatic carbocycles. The van der Waals surface area contributed by atoms with Crippen LogP contribution < -0.4 is 9.64 Å². The number of anilines is 1. The Morgan fingerprint density at radius 1 is 1.11 bits per heavy atom. The Balaban J connectivity index is 1.30. The van der Waals surface area contributed by atoms with E-state index in [-0.39, 0.29) is 6.04 Å². The molecule has 4 aliphatic rings. The van der Waals surface area contributed by atoms with Crippen molar-refractivity contribution in [1.29, 1.82) is 0 Å². The van der Waals surface area contributed by atoms with E-state index >= 15 is 0 Å². The fourth-order valence-corrected chi connectivity index (χ4v) is 7.21. The first-order valence-corrected chi connectivity index (χ1v) is 14.4. The standard InChI is InChI=1S/C31H38ClN3O3/c1-3-20-19-35-13-10-21(20)16-28(35)30(36)26-18-29(33-27-9-8-24(38-2)17-25(26)27)34-14-11-31(37,12-15-34)22-4-6-23(32)7-5-22/h4-9,17-18,20-21,28,30,36-37H,3,10-16,19H2,1-2H3/t20-,21+,28-,30+/m0/s1. The van der Waals surface area contributed by atoms with Crippen molar-refractivity contribution in [3.63, 3.8) is 0 Å². The normalized spacial score (nSPS) is 27.4. The van der Waals surface area contributed by atoms with E-state index in [4.69, 9.17) is 21.3 Å². The molecule has 7 heteroatoms. The second-order valence-electron chi connectivity index (χ2n) is 11.4. The highest BCUT2D eigenvalue weighted by Crippen LogP contribution is 2.44. The number of aromatic nitrogens is 1. The van der Waals surface area contributed by atoms with Crippen molar-refractivity contribution in [1.82, 2.24) is 9.88 Å². The average molecular weight is 536 g/mol. The molecule has 2 bridgehead atoms. The Labute approximate surface area is 230 Å². The number of piperidine rings is 4. The number of methoxy groups -OCH3 is 1. The van der Waals surface area contributed by atoms with Gasteiger partial charge in [0.15, 0.2) is 0 Å². The molecule has 3 aromatic rings. The van der Waals surface area contributed by atoms with Crippen molar-refractivity contribution in [2.45, 2.75) is 56.8 Å². The average Bonchev–Trinajstić information content (AvgIpc) is 2.96. The zero-order chi connectivity index (χ0) is 26.4. The van der Waals surface area contributed by atoms with Crippen LogP contribution in [0.25, 0.3) is 10.9 Å². The van der Waals surface area contributed by atoms with Crippen molar-refractivity contribution in [2.24, 2.45) is 11.8 Å². The fourth-order valence-electron chi connectivity index (χ4n) is 7.08. The smallest absolute Gasteiger partial charge is 0.129 e. The van der Waals surface area contributed by atoms with Gasteiger partial charge in [0.05, 0.1) is 24.3 Å². The van der Waals surface area contributed by atoms with Gasteiger partial charge in [-0.05, 0) is 91.6 Å². The summed E-state index contributed by atoms with van der Waals surface area (Å²) in [5, 5.41) is 24.9. The van der Waals surface area contributed by atoms with E-state index < -0.39 is 11.7 Å². The largest absolute Gasteiger partial charge is 0.497 e. The van der Waals surface area contributed by atoms with E-state index in [1.807, 2.05) is 42.5 Å². The number of hydrogen-bond acceptors (Lipinski definition) is 6. The van der Waals surface area contributed by atoms with Crippen LogP contribution in [0.15, 0.2) is 48.5 Å². The first-order chi connectivity index (χ1) is 18.4. The number of halogens is 1. The van der Waals surface area contributed by atoms with Gasteiger partial charge in [0, 0.05) is 36.1 Å². The molecule has 0 spiro atoms. The van der Waals surface area contributed by atoms with Crippen LogP contribution >= 0.6 is 11.6 Å². The lowest BCUT2D eigenvalue weighted by molar-refractivity contribution is -0.0562. The van der Waals surface area contributed by atoms with Gasteiger partial charge < -0.3 is 19.8 Å². The summed E-state index contributed by atoms with van der Waals surface area (Å²) in [5.74, 6) is 3.06. The molecule has 4 saturated heterocycles. The van der Waals surface area contributed by atoms with Crippen molar-refractivity contribution in [2.75, 3.05) is 38.2 Å². The maximum absolute atomic E-state index is 11.9. The van der Waals surface area contributed by atoms with Crippen molar-refractivity contribution < 1.29 is 14.9 Å². The Morgan fingerprint density at radius 2 is 1.87 bits per heavy atom. The second kappa shape index (κ2) is 10.3. The molecular weight excluding hydrogens is 498 g/mol. The van der Waals surface area contributed by atoms with Gasteiger partial charge in [-0.25, -0.2) is 4.98 Å². The van der Waals surface area contributed by atoms with Gasteiger partial charge in [-0.15, -0.1) is 0 Å². The maximum atomic E-state index is 11.9. The minimum absolute atomic E-state index is 0.123. The molecule has 202 valence electrons. The highest BCUT2D eigenvalue weighted by molar-refractivity contribution is 6.30. The first kappa shape index (κ1) is 25.9. The number of fused-ring (bicyclic) bond motifs is 4. The molecule has 2 aromatic carbocycles. The summed E-state index contributed by atoms with van der Waals surface area (Å²) in [6.07, 6.45) is 4.10. The third-order valence-corrected chi connectivity index (χ3v) is 9.73. The van der Waals surface area contributed by atoms with E-state index in [9.17, 15) is 10.2 Å². The lowest BCUT2D eigenvalue weighted by atomic mass is 9.72. The molecule has 0 saturated carbocycles. The number of ether oxygens (including phenoxy) is 1. The van der Waals surface area contributed by atoms with Crippen LogP contribution in [0, 0.1) is 11.8 Å². The predicted molar refractivity (Wildman–Crippen MR) is 152 cm³/mol. The lowest BCUT2D eigenvalue weighted by Gasteiger charge is -2.51. The van der Waals surface area contributed by atoms with Crippen molar-refractivity contribution in [3.05, 3.63) is 64.7 Å². The molecule has 0 radical (unpaired) electrons. The fraction of sp³-hybridized carbons (Fsp3) is 0.516. The van der Waals surface area contributed by atoms with E-state index in [2.05, 4.69) is 22.8 Å². The molecule has 0 amide bonds. The molecule has 6 nitrogen and oxygen atoms in total. The molecule has 1 unspecified atom stereocenters. The first-order valence-electron chi connectivity index (χ1n) is 14.0. The van der Waals surface area contributed by atoms with Gasteiger partial charge >= 0.3 is 0 Å². The van der Waals surface area contributed by atoms with E-state index in [0.29, 0.717) is 36.9 Å². The van der Waals surface area contributed by atoms with Crippen LogP contribution in [-0.4, -0.2) is 59.4 Å². The van der Waals surface area contributed by atoms with Crippen LogP contribution in [-0.2, 0) is 5.60 Å². The van der Waals surface area contributed by atoms with Crippen LogP contribution in [0.3, 0.4) is 0 Å². The Hall–Kier alpha value is -2.38. The Kier molecular flexibility index (Phi) is 7.02. The molecule has 4 fully saturated rings. The highest BCUT2D eigenvalue weighted by atomic mass is 35.5. The highest BCUT2D eigenvalue weighted by Gasteiger charge is 2.43. The van der Waals surface area contributed by atoms with Gasteiger partial charge in [-0.1, -0.05) is 37.1 Å². The molecule has 38 heavy (non-hydrogen) atoms. The Morgan fingerprint density at radius 3 is 2.53 bits per heavy atom. The number of benzene rings is 2.